The Morgan fingerprint density at radius 2 is 1.94 bits per heavy atom. The molecule has 1 fully saturated rings. The minimum absolute atomic E-state index is 0.00800. The lowest BCUT2D eigenvalue weighted by Gasteiger charge is -2.27. The van der Waals surface area contributed by atoms with Crippen molar-refractivity contribution < 1.29 is 23.4 Å². The van der Waals surface area contributed by atoms with E-state index in [9.17, 15) is 13.6 Å². The van der Waals surface area contributed by atoms with Crippen LogP contribution in [-0.4, -0.2) is 54.2 Å². The average molecular weight is 265 g/mol. The van der Waals surface area contributed by atoms with Crippen LogP contribution in [0, 0.1) is 11.8 Å². The lowest BCUT2D eigenvalue weighted by atomic mass is 9.88. The largest absolute Gasteiger partial charge is 0.395 e. The van der Waals surface area contributed by atoms with E-state index in [0.717, 1.165) is 4.90 Å². The van der Waals surface area contributed by atoms with Crippen molar-refractivity contribution in [3.8, 4) is 0 Å². The van der Waals surface area contributed by atoms with Gasteiger partial charge in [-0.3, -0.25) is 4.79 Å². The minimum Gasteiger partial charge on any atom is -0.395 e. The van der Waals surface area contributed by atoms with Gasteiger partial charge in [0, 0.05) is 6.54 Å². The first kappa shape index (κ1) is 15.3. The molecule has 0 spiro atoms. The van der Waals surface area contributed by atoms with Crippen LogP contribution >= 0.6 is 0 Å². The van der Waals surface area contributed by atoms with Crippen LogP contribution in [0.4, 0.5) is 8.78 Å². The second-order valence-electron chi connectivity index (χ2n) is 4.83. The SMILES string of the molecule is CC1OC(C)C(C(=O)N(CCO)CC(F)F)C1C. The van der Waals surface area contributed by atoms with Crippen LogP contribution in [0.15, 0.2) is 0 Å². The number of rotatable bonds is 5. The fourth-order valence-corrected chi connectivity index (χ4v) is 2.48. The Kier molecular flexibility index (Phi) is 5.47. The lowest BCUT2D eigenvalue weighted by molar-refractivity contribution is -0.140. The van der Waals surface area contributed by atoms with Crippen molar-refractivity contribution in [2.24, 2.45) is 11.8 Å². The number of hydrogen-bond donors (Lipinski definition) is 1. The number of carbonyl (C=O) groups is 1. The Morgan fingerprint density at radius 1 is 1.33 bits per heavy atom. The van der Waals surface area contributed by atoms with Gasteiger partial charge in [0.1, 0.15) is 0 Å². The summed E-state index contributed by atoms with van der Waals surface area (Å²) in [5, 5.41) is 8.86. The molecule has 0 saturated carbocycles. The molecule has 0 aromatic carbocycles. The molecule has 1 rings (SSSR count). The first-order valence-electron chi connectivity index (χ1n) is 6.21. The van der Waals surface area contributed by atoms with E-state index in [1.54, 1.807) is 6.92 Å². The first-order valence-corrected chi connectivity index (χ1v) is 6.21. The van der Waals surface area contributed by atoms with E-state index in [1.165, 1.54) is 0 Å². The molecular formula is C12H21F2NO3. The van der Waals surface area contributed by atoms with Crippen LogP contribution in [0.1, 0.15) is 20.8 Å². The predicted molar refractivity (Wildman–Crippen MR) is 62.3 cm³/mol. The summed E-state index contributed by atoms with van der Waals surface area (Å²) in [4.78, 5) is 13.3. The lowest BCUT2D eigenvalue weighted by Crippen LogP contribution is -2.44. The number of amides is 1. The highest BCUT2D eigenvalue weighted by atomic mass is 19.3. The Hall–Kier alpha value is -0.750. The second-order valence-corrected chi connectivity index (χ2v) is 4.83. The van der Waals surface area contributed by atoms with E-state index < -0.39 is 18.9 Å². The van der Waals surface area contributed by atoms with E-state index in [-0.39, 0.29) is 37.2 Å². The standard InChI is InChI=1S/C12H21F2NO3/c1-7-8(2)18-9(3)11(7)12(17)15(4-5-16)6-10(13)14/h7-11,16H,4-6H2,1-3H3. The molecule has 0 aliphatic carbocycles. The summed E-state index contributed by atoms with van der Waals surface area (Å²) in [6.07, 6.45) is -2.93. The fourth-order valence-electron chi connectivity index (χ4n) is 2.48. The monoisotopic (exact) mass is 265 g/mol. The number of hydrogen-bond acceptors (Lipinski definition) is 3. The molecule has 1 saturated heterocycles. The summed E-state index contributed by atoms with van der Waals surface area (Å²) >= 11 is 0. The van der Waals surface area contributed by atoms with Crippen LogP contribution in [0.25, 0.3) is 0 Å². The molecule has 1 N–H and O–H groups in total. The van der Waals surface area contributed by atoms with Crippen molar-refractivity contribution in [1.29, 1.82) is 0 Å². The number of nitrogens with zero attached hydrogens (tertiary/aromatic N) is 1. The van der Waals surface area contributed by atoms with Crippen LogP contribution in [0.2, 0.25) is 0 Å². The average Bonchev–Trinajstić information content (AvgIpc) is 2.51. The van der Waals surface area contributed by atoms with E-state index in [1.807, 2.05) is 13.8 Å². The van der Waals surface area contributed by atoms with Crippen molar-refractivity contribution in [1.82, 2.24) is 4.90 Å². The minimum atomic E-state index is -2.59. The summed E-state index contributed by atoms with van der Waals surface area (Å²) in [6.45, 7) is 4.53. The van der Waals surface area contributed by atoms with Gasteiger partial charge in [-0.2, -0.15) is 0 Å². The summed E-state index contributed by atoms with van der Waals surface area (Å²) in [6, 6.07) is 0. The number of carbonyl (C=O) groups excluding carboxylic acids is 1. The van der Waals surface area contributed by atoms with Gasteiger partial charge < -0.3 is 14.7 Å². The van der Waals surface area contributed by atoms with Crippen molar-refractivity contribution in [3.05, 3.63) is 0 Å². The van der Waals surface area contributed by atoms with Gasteiger partial charge in [0.2, 0.25) is 5.91 Å². The summed E-state index contributed by atoms with van der Waals surface area (Å²) in [5.74, 6) is -0.773. The Balaban J connectivity index is 2.75. The molecule has 0 aromatic rings. The smallest absolute Gasteiger partial charge is 0.255 e. The summed E-state index contributed by atoms with van der Waals surface area (Å²) < 4.78 is 30.4. The van der Waals surface area contributed by atoms with Crippen LogP contribution < -0.4 is 0 Å². The molecule has 4 nitrogen and oxygen atoms in total. The van der Waals surface area contributed by atoms with Gasteiger partial charge in [-0.25, -0.2) is 8.78 Å². The molecule has 0 aromatic heterocycles. The highest BCUT2D eigenvalue weighted by Crippen LogP contribution is 2.33. The third-order valence-electron chi connectivity index (χ3n) is 3.57. The van der Waals surface area contributed by atoms with E-state index in [0.29, 0.717) is 0 Å². The third-order valence-corrected chi connectivity index (χ3v) is 3.57. The van der Waals surface area contributed by atoms with Crippen molar-refractivity contribution in [2.75, 3.05) is 19.7 Å². The molecule has 0 radical (unpaired) electrons. The van der Waals surface area contributed by atoms with Gasteiger partial charge in [0.25, 0.3) is 6.43 Å². The number of halogens is 2. The van der Waals surface area contributed by atoms with Gasteiger partial charge in [-0.05, 0) is 19.8 Å². The van der Waals surface area contributed by atoms with E-state index in [4.69, 9.17) is 9.84 Å². The summed E-state index contributed by atoms with van der Waals surface area (Å²) in [5.41, 5.74) is 0. The number of aliphatic hydroxyl groups is 1. The molecule has 6 heteroatoms. The zero-order valence-electron chi connectivity index (χ0n) is 11.0. The molecular weight excluding hydrogens is 244 g/mol. The number of ether oxygens (including phenoxy) is 1. The van der Waals surface area contributed by atoms with Gasteiger partial charge in [0.15, 0.2) is 0 Å². The molecule has 4 atom stereocenters. The first-order chi connectivity index (χ1) is 8.38. The van der Waals surface area contributed by atoms with Crippen LogP contribution in [0.3, 0.4) is 0 Å². The molecule has 1 amide bonds. The van der Waals surface area contributed by atoms with Crippen molar-refractivity contribution in [2.45, 2.75) is 39.4 Å². The molecule has 1 aliphatic heterocycles. The van der Waals surface area contributed by atoms with Crippen LogP contribution in [-0.2, 0) is 9.53 Å². The van der Waals surface area contributed by atoms with Gasteiger partial charge in [-0.1, -0.05) is 6.92 Å². The van der Waals surface area contributed by atoms with Crippen LogP contribution in [0.5, 0.6) is 0 Å². The molecule has 0 bridgehead atoms. The van der Waals surface area contributed by atoms with E-state index >= 15 is 0 Å². The fraction of sp³-hybridized carbons (Fsp3) is 0.917. The molecule has 1 aliphatic rings. The maximum absolute atomic E-state index is 12.4. The maximum Gasteiger partial charge on any atom is 0.255 e. The third kappa shape index (κ3) is 3.38. The van der Waals surface area contributed by atoms with Gasteiger partial charge in [-0.15, -0.1) is 0 Å². The van der Waals surface area contributed by atoms with Crippen molar-refractivity contribution in [3.63, 3.8) is 0 Å². The molecule has 4 unspecified atom stereocenters. The normalized spacial score (nSPS) is 31.9. The number of alkyl halides is 2. The Bertz CT molecular complexity index is 288. The zero-order valence-corrected chi connectivity index (χ0v) is 11.0. The highest BCUT2D eigenvalue weighted by Gasteiger charge is 2.43. The van der Waals surface area contributed by atoms with Gasteiger partial charge >= 0.3 is 0 Å². The summed E-state index contributed by atoms with van der Waals surface area (Å²) in [7, 11) is 0. The Labute approximate surface area is 106 Å². The zero-order chi connectivity index (χ0) is 13.9. The van der Waals surface area contributed by atoms with E-state index in [2.05, 4.69) is 0 Å². The molecule has 18 heavy (non-hydrogen) atoms. The second kappa shape index (κ2) is 6.43. The number of aliphatic hydroxyl groups excluding tert-OH is 1. The van der Waals surface area contributed by atoms with Gasteiger partial charge in [0.05, 0.1) is 31.3 Å². The molecule has 106 valence electrons. The topological polar surface area (TPSA) is 49.8 Å². The predicted octanol–water partition coefficient (Wildman–Crippen LogP) is 1.13. The quantitative estimate of drug-likeness (QED) is 0.810. The highest BCUT2D eigenvalue weighted by molar-refractivity contribution is 5.80. The maximum atomic E-state index is 12.4. The Morgan fingerprint density at radius 3 is 2.33 bits per heavy atom. The van der Waals surface area contributed by atoms with Crippen molar-refractivity contribution >= 4 is 5.91 Å². The molecule has 1 heterocycles.